The smallest absolute Gasteiger partial charge is 0.357 e. The zero-order valence-electron chi connectivity index (χ0n) is 21.8. The van der Waals surface area contributed by atoms with Crippen LogP contribution in [0.25, 0.3) is 0 Å². The molecule has 1 atom stereocenters. The molecule has 0 unspecified atom stereocenters. The maximum Gasteiger partial charge on any atom is 0.416 e. The van der Waals surface area contributed by atoms with E-state index in [2.05, 4.69) is 5.32 Å². The molecule has 0 spiro atoms. The number of likely N-dealkylation sites (N-methyl/N-ethyl adjacent to an activating group) is 1. The Hall–Kier alpha value is -3.86. The number of hydrogen-bond acceptors (Lipinski definition) is 4. The van der Waals surface area contributed by atoms with Crippen LogP contribution in [0.1, 0.15) is 22.3 Å². The van der Waals surface area contributed by atoms with E-state index in [0.717, 1.165) is 29.5 Å². The summed E-state index contributed by atoms with van der Waals surface area (Å²) in [6.45, 7) is 1.05. The Morgan fingerprint density at radius 1 is 0.923 bits per heavy atom. The molecule has 11 heteroatoms. The zero-order chi connectivity index (χ0) is 28.8. The first-order valence-corrected chi connectivity index (χ1v) is 13.9. The molecule has 39 heavy (non-hydrogen) atoms. The second kappa shape index (κ2) is 12.3. The highest BCUT2D eigenvalue weighted by atomic mass is 32.2. The molecule has 2 amide bonds. The lowest BCUT2D eigenvalue weighted by Gasteiger charge is -2.33. The van der Waals surface area contributed by atoms with Crippen molar-refractivity contribution in [2.45, 2.75) is 32.1 Å². The number of alkyl halides is 3. The number of carbonyl (C=O) groups is 2. The Morgan fingerprint density at radius 3 is 2.15 bits per heavy atom. The largest absolute Gasteiger partial charge is 0.416 e. The summed E-state index contributed by atoms with van der Waals surface area (Å²) >= 11 is 0. The molecule has 3 aromatic rings. The highest BCUT2D eigenvalue weighted by Crippen LogP contribution is 2.32. The molecule has 7 nitrogen and oxygen atoms in total. The van der Waals surface area contributed by atoms with E-state index in [4.69, 9.17) is 0 Å². The number of rotatable bonds is 10. The number of nitrogens with one attached hydrogen (secondary N) is 1. The molecule has 0 bridgehead atoms. The summed E-state index contributed by atoms with van der Waals surface area (Å²) in [4.78, 5) is 28.1. The van der Waals surface area contributed by atoms with Crippen LogP contribution >= 0.6 is 0 Å². The van der Waals surface area contributed by atoms with Crippen LogP contribution in [-0.4, -0.2) is 51.0 Å². The lowest BCUT2D eigenvalue weighted by Crippen LogP contribution is -2.52. The van der Waals surface area contributed by atoms with Gasteiger partial charge in [-0.05, 0) is 36.2 Å². The van der Waals surface area contributed by atoms with Crippen LogP contribution in [-0.2, 0) is 38.8 Å². The van der Waals surface area contributed by atoms with Gasteiger partial charge in [0.1, 0.15) is 12.6 Å². The molecular weight excluding hydrogens is 531 g/mol. The van der Waals surface area contributed by atoms with Crippen molar-refractivity contribution in [1.82, 2.24) is 10.2 Å². The Kier molecular flexibility index (Phi) is 9.39. The summed E-state index contributed by atoms with van der Waals surface area (Å²) in [6, 6.07) is 19.0. The van der Waals surface area contributed by atoms with Crippen LogP contribution < -0.4 is 9.62 Å². The van der Waals surface area contributed by atoms with Gasteiger partial charge in [-0.25, -0.2) is 8.42 Å². The summed E-state index contributed by atoms with van der Waals surface area (Å²) in [5.74, 6) is -1.21. The normalized spacial score (nSPS) is 12.5. The summed E-state index contributed by atoms with van der Waals surface area (Å²) in [5, 5.41) is 2.57. The van der Waals surface area contributed by atoms with Crippen molar-refractivity contribution in [2.75, 3.05) is 24.2 Å². The number of nitrogens with zero attached hydrogens (tertiary/aromatic N) is 2. The van der Waals surface area contributed by atoms with Gasteiger partial charge in [-0.2, -0.15) is 13.2 Å². The van der Waals surface area contributed by atoms with Gasteiger partial charge in [0.05, 0.1) is 17.5 Å². The topological polar surface area (TPSA) is 86.8 Å². The van der Waals surface area contributed by atoms with E-state index in [0.29, 0.717) is 15.9 Å². The summed E-state index contributed by atoms with van der Waals surface area (Å²) in [5.41, 5.74) is 1.03. The summed E-state index contributed by atoms with van der Waals surface area (Å²) in [7, 11) is -2.75. The van der Waals surface area contributed by atoms with Gasteiger partial charge in [-0.15, -0.1) is 0 Å². The highest BCUT2D eigenvalue weighted by molar-refractivity contribution is 7.92. The van der Waals surface area contributed by atoms with Crippen molar-refractivity contribution >= 4 is 27.5 Å². The quantitative estimate of drug-likeness (QED) is 0.403. The minimum atomic E-state index is -4.71. The van der Waals surface area contributed by atoms with Crippen LogP contribution in [0.2, 0.25) is 0 Å². The predicted octanol–water partition coefficient (Wildman–Crippen LogP) is 4.17. The molecule has 0 aliphatic carbocycles. The number of halogens is 3. The van der Waals surface area contributed by atoms with Gasteiger partial charge in [0, 0.05) is 20.0 Å². The van der Waals surface area contributed by atoms with Gasteiger partial charge >= 0.3 is 6.18 Å². The SMILES string of the molecule is CNC(=O)[C@H](Cc1ccccc1)N(Cc1cccc(C)c1)C(=O)CN(c1cccc(C(F)(F)F)c1)S(C)(=O)=O. The molecule has 0 saturated carbocycles. The molecule has 0 heterocycles. The third-order valence-corrected chi connectivity index (χ3v) is 7.23. The lowest BCUT2D eigenvalue weighted by atomic mass is 10.0. The number of aryl methyl sites for hydroxylation is 1. The summed E-state index contributed by atoms with van der Waals surface area (Å²) < 4.78 is 66.1. The van der Waals surface area contributed by atoms with Crippen LogP contribution in [0.5, 0.6) is 0 Å². The number of sulfonamides is 1. The molecule has 3 rings (SSSR count). The van der Waals surface area contributed by atoms with E-state index in [1.54, 1.807) is 36.4 Å². The van der Waals surface area contributed by atoms with Crippen molar-refractivity contribution in [3.05, 3.63) is 101 Å². The molecule has 0 aromatic heterocycles. The Balaban J connectivity index is 2.05. The molecule has 208 valence electrons. The average molecular weight is 562 g/mol. The molecule has 1 N–H and O–H groups in total. The molecule has 0 aliphatic heterocycles. The number of anilines is 1. The number of benzene rings is 3. The second-order valence-electron chi connectivity index (χ2n) is 9.15. The first-order chi connectivity index (χ1) is 18.3. The zero-order valence-corrected chi connectivity index (χ0v) is 22.6. The first-order valence-electron chi connectivity index (χ1n) is 12.0. The fourth-order valence-corrected chi connectivity index (χ4v) is 5.02. The fourth-order valence-electron chi connectivity index (χ4n) is 4.18. The number of hydrogen-bond donors (Lipinski definition) is 1. The summed E-state index contributed by atoms with van der Waals surface area (Å²) in [6.07, 6.45) is -3.76. The number of amides is 2. The first kappa shape index (κ1) is 29.7. The van der Waals surface area contributed by atoms with Crippen molar-refractivity contribution in [1.29, 1.82) is 0 Å². The van der Waals surface area contributed by atoms with Gasteiger partial charge in [0.15, 0.2) is 0 Å². The van der Waals surface area contributed by atoms with E-state index in [1.165, 1.54) is 18.0 Å². The molecular formula is C28H30F3N3O4S. The van der Waals surface area contributed by atoms with Gasteiger partial charge in [0.2, 0.25) is 21.8 Å². The van der Waals surface area contributed by atoms with E-state index in [9.17, 15) is 31.2 Å². The van der Waals surface area contributed by atoms with Gasteiger partial charge in [0.25, 0.3) is 0 Å². The van der Waals surface area contributed by atoms with E-state index in [-0.39, 0.29) is 18.7 Å². The standard InChI is InChI=1S/C28H30F3N3O4S/c1-20-9-7-12-22(15-20)18-33(25(27(36)32-2)16-21-10-5-4-6-11-21)26(35)19-34(39(3,37)38)24-14-8-13-23(17-24)28(29,30)31/h4-15,17,25H,16,18-19H2,1-3H3,(H,32,36)/t25-/m0/s1. The predicted molar refractivity (Wildman–Crippen MR) is 143 cm³/mol. The molecule has 3 aromatic carbocycles. The van der Waals surface area contributed by atoms with Gasteiger partial charge < -0.3 is 10.2 Å². The lowest BCUT2D eigenvalue weighted by molar-refractivity contribution is -0.139. The van der Waals surface area contributed by atoms with Crippen LogP contribution in [0, 0.1) is 6.92 Å². The number of carbonyl (C=O) groups excluding carboxylic acids is 2. The fraction of sp³-hybridized carbons (Fsp3) is 0.286. The molecule has 0 radical (unpaired) electrons. The van der Waals surface area contributed by atoms with E-state index in [1.807, 2.05) is 25.1 Å². The van der Waals surface area contributed by atoms with E-state index < -0.39 is 46.2 Å². The second-order valence-corrected chi connectivity index (χ2v) is 11.1. The van der Waals surface area contributed by atoms with Gasteiger partial charge in [-0.3, -0.25) is 13.9 Å². The monoisotopic (exact) mass is 561 g/mol. The van der Waals surface area contributed by atoms with Crippen LogP contribution in [0.3, 0.4) is 0 Å². The van der Waals surface area contributed by atoms with Crippen LogP contribution in [0.15, 0.2) is 78.9 Å². The van der Waals surface area contributed by atoms with Crippen molar-refractivity contribution < 1.29 is 31.2 Å². The van der Waals surface area contributed by atoms with Crippen molar-refractivity contribution in [3.8, 4) is 0 Å². The third kappa shape index (κ3) is 8.06. The Labute approximate surface area is 226 Å². The minimum absolute atomic E-state index is 0.0222. The van der Waals surface area contributed by atoms with Gasteiger partial charge in [-0.1, -0.05) is 66.2 Å². The minimum Gasteiger partial charge on any atom is -0.357 e. The van der Waals surface area contributed by atoms with Crippen molar-refractivity contribution in [3.63, 3.8) is 0 Å². The third-order valence-electron chi connectivity index (χ3n) is 6.09. The average Bonchev–Trinajstić information content (AvgIpc) is 2.88. The van der Waals surface area contributed by atoms with E-state index >= 15 is 0 Å². The molecule has 0 fully saturated rings. The maximum absolute atomic E-state index is 13.8. The van der Waals surface area contributed by atoms with Crippen LogP contribution in [0.4, 0.5) is 18.9 Å². The maximum atomic E-state index is 13.8. The van der Waals surface area contributed by atoms with Crippen molar-refractivity contribution in [2.24, 2.45) is 0 Å². The molecule has 0 aliphatic rings. The molecule has 0 saturated heterocycles. The highest BCUT2D eigenvalue weighted by Gasteiger charge is 2.34. The Morgan fingerprint density at radius 2 is 1.56 bits per heavy atom. The Bertz CT molecular complexity index is 1410.